The highest BCUT2D eigenvalue weighted by atomic mass is 32.1. The fourth-order valence-corrected chi connectivity index (χ4v) is 2.52. The summed E-state index contributed by atoms with van der Waals surface area (Å²) < 4.78 is 4.34. The summed E-state index contributed by atoms with van der Waals surface area (Å²) in [6.07, 6.45) is 8.64. The van der Waals surface area contributed by atoms with E-state index in [9.17, 15) is 0 Å². The summed E-state index contributed by atoms with van der Waals surface area (Å²) in [5.41, 5.74) is 0. The Morgan fingerprint density at radius 1 is 1.18 bits per heavy atom. The van der Waals surface area contributed by atoms with Crippen LogP contribution in [-0.4, -0.2) is 15.4 Å². The van der Waals surface area contributed by atoms with Gasteiger partial charge in [-0.2, -0.15) is 4.37 Å². The molecular formula is C13H25N3S. The minimum absolute atomic E-state index is 0.509. The van der Waals surface area contributed by atoms with Crippen LogP contribution >= 0.6 is 11.5 Å². The predicted octanol–water partition coefficient (Wildman–Crippen LogP) is 4.26. The van der Waals surface area contributed by atoms with Crippen molar-refractivity contribution in [3.05, 3.63) is 5.82 Å². The van der Waals surface area contributed by atoms with E-state index >= 15 is 0 Å². The fourth-order valence-electron chi connectivity index (χ4n) is 1.80. The molecule has 17 heavy (non-hydrogen) atoms. The maximum atomic E-state index is 4.48. The Balaban J connectivity index is 2.22. The zero-order chi connectivity index (χ0) is 12.5. The van der Waals surface area contributed by atoms with Gasteiger partial charge in [0.25, 0.3) is 0 Å². The molecule has 1 unspecified atom stereocenters. The number of anilines is 1. The molecular weight excluding hydrogens is 230 g/mol. The number of hydrogen-bond acceptors (Lipinski definition) is 4. The number of rotatable bonds is 9. The number of hydrogen-bond donors (Lipinski definition) is 1. The van der Waals surface area contributed by atoms with Crippen molar-refractivity contribution in [2.45, 2.75) is 71.8 Å². The Hall–Kier alpha value is -0.640. The normalized spacial score (nSPS) is 12.6. The average molecular weight is 255 g/mol. The molecule has 0 radical (unpaired) electrons. The molecule has 1 aromatic rings. The molecule has 1 N–H and O–H groups in total. The molecule has 1 heterocycles. The molecule has 0 amide bonds. The maximum Gasteiger partial charge on any atom is 0.202 e. The van der Waals surface area contributed by atoms with E-state index in [-0.39, 0.29) is 0 Å². The van der Waals surface area contributed by atoms with Gasteiger partial charge >= 0.3 is 0 Å². The Bertz CT molecular complexity index is 299. The van der Waals surface area contributed by atoms with E-state index < -0.39 is 0 Å². The number of unbranched alkanes of at least 4 members (excludes halogenated alkanes) is 3. The molecule has 98 valence electrons. The smallest absolute Gasteiger partial charge is 0.202 e. The first kappa shape index (κ1) is 14.4. The third-order valence-electron chi connectivity index (χ3n) is 2.80. The first-order valence-corrected chi connectivity index (χ1v) is 7.62. The standard InChI is InChI=1S/C13H25N3S/c1-4-6-7-8-10-11(3)14-13-15-12(9-5-2)16-17-13/h11H,4-10H2,1-3H3,(H,14,15,16). The van der Waals surface area contributed by atoms with Crippen LogP contribution < -0.4 is 5.32 Å². The van der Waals surface area contributed by atoms with Gasteiger partial charge in [0.2, 0.25) is 5.13 Å². The van der Waals surface area contributed by atoms with Gasteiger partial charge in [0.05, 0.1) is 0 Å². The van der Waals surface area contributed by atoms with Crippen molar-refractivity contribution >= 4 is 16.7 Å². The van der Waals surface area contributed by atoms with E-state index in [1.807, 2.05) is 0 Å². The van der Waals surface area contributed by atoms with Crippen molar-refractivity contribution in [1.82, 2.24) is 9.36 Å². The summed E-state index contributed by atoms with van der Waals surface area (Å²) in [6.45, 7) is 6.63. The SMILES string of the molecule is CCCCCCC(C)Nc1nc(CCC)ns1. The van der Waals surface area contributed by atoms with Gasteiger partial charge in [-0.15, -0.1) is 0 Å². The molecule has 0 aromatic carbocycles. The summed E-state index contributed by atoms with van der Waals surface area (Å²) in [5.74, 6) is 0.984. The van der Waals surface area contributed by atoms with Gasteiger partial charge in [0.1, 0.15) is 5.82 Å². The van der Waals surface area contributed by atoms with Gasteiger partial charge in [0.15, 0.2) is 0 Å². The number of aryl methyl sites for hydroxylation is 1. The molecule has 0 saturated carbocycles. The van der Waals surface area contributed by atoms with Gasteiger partial charge in [-0.1, -0.05) is 39.5 Å². The van der Waals surface area contributed by atoms with Crippen LogP contribution in [0.25, 0.3) is 0 Å². The monoisotopic (exact) mass is 255 g/mol. The van der Waals surface area contributed by atoms with E-state index in [1.54, 1.807) is 0 Å². The Morgan fingerprint density at radius 2 is 2.00 bits per heavy atom. The van der Waals surface area contributed by atoms with Crippen LogP contribution in [-0.2, 0) is 6.42 Å². The van der Waals surface area contributed by atoms with E-state index in [4.69, 9.17) is 0 Å². The maximum absolute atomic E-state index is 4.48. The zero-order valence-corrected chi connectivity index (χ0v) is 12.1. The summed E-state index contributed by atoms with van der Waals surface area (Å²) in [6, 6.07) is 0.509. The molecule has 0 fully saturated rings. The number of nitrogens with zero attached hydrogens (tertiary/aromatic N) is 2. The molecule has 0 aliphatic carbocycles. The van der Waals surface area contributed by atoms with Crippen LogP contribution in [0.1, 0.15) is 65.1 Å². The van der Waals surface area contributed by atoms with Gasteiger partial charge in [-0.25, -0.2) is 4.98 Å². The Labute approximate surface area is 109 Å². The summed E-state index contributed by atoms with van der Waals surface area (Å²) in [7, 11) is 0. The molecule has 4 heteroatoms. The molecule has 0 saturated heterocycles. The van der Waals surface area contributed by atoms with Crippen molar-refractivity contribution in [3.8, 4) is 0 Å². The number of nitrogens with one attached hydrogen (secondary N) is 1. The van der Waals surface area contributed by atoms with Crippen molar-refractivity contribution in [2.24, 2.45) is 0 Å². The van der Waals surface area contributed by atoms with Gasteiger partial charge in [0, 0.05) is 24.0 Å². The van der Waals surface area contributed by atoms with Crippen LogP contribution in [0.15, 0.2) is 0 Å². The van der Waals surface area contributed by atoms with Crippen LogP contribution in [0.2, 0.25) is 0 Å². The van der Waals surface area contributed by atoms with Crippen LogP contribution in [0, 0.1) is 0 Å². The highest BCUT2D eigenvalue weighted by molar-refractivity contribution is 7.09. The van der Waals surface area contributed by atoms with E-state index in [1.165, 1.54) is 43.6 Å². The lowest BCUT2D eigenvalue weighted by Crippen LogP contribution is -2.14. The second-order valence-corrected chi connectivity index (χ2v) is 5.41. The molecule has 0 bridgehead atoms. The minimum atomic E-state index is 0.509. The van der Waals surface area contributed by atoms with Gasteiger partial charge in [-0.3, -0.25) is 0 Å². The van der Waals surface area contributed by atoms with Crippen molar-refractivity contribution in [3.63, 3.8) is 0 Å². The average Bonchev–Trinajstić information content (AvgIpc) is 2.73. The predicted molar refractivity (Wildman–Crippen MR) is 75.7 cm³/mol. The Kier molecular flexibility index (Phi) is 7.17. The first-order chi connectivity index (χ1) is 8.26. The quantitative estimate of drug-likeness (QED) is 0.670. The zero-order valence-electron chi connectivity index (χ0n) is 11.3. The Morgan fingerprint density at radius 3 is 2.71 bits per heavy atom. The first-order valence-electron chi connectivity index (χ1n) is 6.85. The van der Waals surface area contributed by atoms with Gasteiger partial charge < -0.3 is 5.32 Å². The lowest BCUT2D eigenvalue weighted by atomic mass is 10.1. The summed E-state index contributed by atoms with van der Waals surface area (Å²) in [5, 5.41) is 4.43. The van der Waals surface area contributed by atoms with E-state index in [0.717, 1.165) is 23.8 Å². The van der Waals surface area contributed by atoms with Gasteiger partial charge in [-0.05, 0) is 19.8 Å². The second-order valence-electron chi connectivity index (χ2n) is 4.66. The van der Waals surface area contributed by atoms with Crippen molar-refractivity contribution in [2.75, 3.05) is 5.32 Å². The highest BCUT2D eigenvalue weighted by Crippen LogP contribution is 2.15. The summed E-state index contributed by atoms with van der Waals surface area (Å²) in [4.78, 5) is 4.48. The van der Waals surface area contributed by atoms with Crippen LogP contribution in [0.4, 0.5) is 5.13 Å². The van der Waals surface area contributed by atoms with Crippen molar-refractivity contribution < 1.29 is 0 Å². The lowest BCUT2D eigenvalue weighted by Gasteiger charge is -2.11. The lowest BCUT2D eigenvalue weighted by molar-refractivity contribution is 0.593. The fraction of sp³-hybridized carbons (Fsp3) is 0.846. The molecule has 0 spiro atoms. The summed E-state index contributed by atoms with van der Waals surface area (Å²) >= 11 is 1.49. The minimum Gasteiger partial charge on any atom is -0.358 e. The third kappa shape index (κ3) is 6.01. The number of aromatic nitrogens is 2. The van der Waals surface area contributed by atoms with Crippen LogP contribution in [0.3, 0.4) is 0 Å². The molecule has 1 atom stereocenters. The highest BCUT2D eigenvalue weighted by Gasteiger charge is 2.06. The molecule has 1 rings (SSSR count). The molecule has 3 nitrogen and oxygen atoms in total. The molecule has 0 aliphatic rings. The second kappa shape index (κ2) is 8.45. The largest absolute Gasteiger partial charge is 0.358 e. The van der Waals surface area contributed by atoms with E-state index in [0.29, 0.717) is 6.04 Å². The van der Waals surface area contributed by atoms with Crippen molar-refractivity contribution in [1.29, 1.82) is 0 Å². The topological polar surface area (TPSA) is 37.8 Å². The van der Waals surface area contributed by atoms with E-state index in [2.05, 4.69) is 35.4 Å². The third-order valence-corrected chi connectivity index (χ3v) is 3.49. The molecule has 1 aromatic heterocycles. The van der Waals surface area contributed by atoms with Crippen LogP contribution in [0.5, 0.6) is 0 Å². The molecule has 0 aliphatic heterocycles.